The van der Waals surface area contributed by atoms with Gasteiger partial charge in [-0.25, -0.2) is 4.79 Å². The summed E-state index contributed by atoms with van der Waals surface area (Å²) < 4.78 is 12.1. The fourth-order valence-electron chi connectivity index (χ4n) is 2.14. The van der Waals surface area contributed by atoms with Gasteiger partial charge in [-0.05, 0) is 36.8 Å². The van der Waals surface area contributed by atoms with Gasteiger partial charge in [0, 0.05) is 27.8 Å². The van der Waals surface area contributed by atoms with Crippen LogP contribution in [0.4, 0.5) is 5.69 Å². The van der Waals surface area contributed by atoms with Gasteiger partial charge in [-0.1, -0.05) is 24.3 Å². The second-order valence-electron chi connectivity index (χ2n) is 5.42. The fraction of sp³-hybridized carbons (Fsp3) is 0.167. The SMILES string of the molecule is CC(=O)c1cccc(NC(=O)CS(=O)Cc2ccc(C(=O)O)cc2)c1. The predicted molar refractivity (Wildman–Crippen MR) is 95.2 cm³/mol. The number of nitrogens with one attached hydrogen (secondary N) is 1. The topological polar surface area (TPSA) is 101 Å². The Labute approximate surface area is 147 Å². The molecule has 130 valence electrons. The highest BCUT2D eigenvalue weighted by molar-refractivity contribution is 7.84. The molecule has 0 heterocycles. The van der Waals surface area contributed by atoms with Gasteiger partial charge < -0.3 is 10.4 Å². The first-order chi connectivity index (χ1) is 11.8. The first-order valence-corrected chi connectivity index (χ1v) is 8.92. The monoisotopic (exact) mass is 359 g/mol. The van der Waals surface area contributed by atoms with Crippen molar-refractivity contribution in [3.05, 3.63) is 65.2 Å². The lowest BCUT2D eigenvalue weighted by atomic mass is 10.1. The van der Waals surface area contributed by atoms with Crippen molar-refractivity contribution < 1.29 is 23.7 Å². The zero-order chi connectivity index (χ0) is 18.4. The molecule has 0 aliphatic rings. The third-order valence-electron chi connectivity index (χ3n) is 3.37. The minimum Gasteiger partial charge on any atom is -0.478 e. The maximum Gasteiger partial charge on any atom is 0.335 e. The van der Waals surface area contributed by atoms with E-state index in [-0.39, 0.29) is 22.9 Å². The summed E-state index contributed by atoms with van der Waals surface area (Å²) in [5.74, 6) is -1.59. The largest absolute Gasteiger partial charge is 0.478 e. The molecule has 0 aliphatic heterocycles. The fourth-order valence-corrected chi connectivity index (χ4v) is 3.17. The molecule has 1 atom stereocenters. The van der Waals surface area contributed by atoms with Gasteiger partial charge in [-0.15, -0.1) is 0 Å². The van der Waals surface area contributed by atoms with Gasteiger partial charge >= 0.3 is 5.97 Å². The summed E-state index contributed by atoms with van der Waals surface area (Å²) in [6.07, 6.45) is 0. The molecule has 2 aromatic carbocycles. The van der Waals surface area contributed by atoms with Crippen molar-refractivity contribution in [2.75, 3.05) is 11.1 Å². The van der Waals surface area contributed by atoms with Crippen molar-refractivity contribution >= 4 is 34.1 Å². The summed E-state index contributed by atoms with van der Waals surface area (Å²) in [6.45, 7) is 1.44. The zero-order valence-corrected chi connectivity index (χ0v) is 14.3. The van der Waals surface area contributed by atoms with Crippen LogP contribution in [0.2, 0.25) is 0 Å². The Hall–Kier alpha value is -2.80. The smallest absolute Gasteiger partial charge is 0.335 e. The van der Waals surface area contributed by atoms with E-state index in [0.29, 0.717) is 16.8 Å². The number of hydrogen-bond donors (Lipinski definition) is 2. The summed E-state index contributed by atoms with van der Waals surface area (Å²) in [7, 11) is -1.43. The zero-order valence-electron chi connectivity index (χ0n) is 13.5. The molecule has 0 saturated heterocycles. The van der Waals surface area contributed by atoms with Crippen LogP contribution in [0.3, 0.4) is 0 Å². The number of anilines is 1. The highest BCUT2D eigenvalue weighted by Crippen LogP contribution is 2.12. The average molecular weight is 359 g/mol. The average Bonchev–Trinajstić information content (AvgIpc) is 2.55. The van der Waals surface area contributed by atoms with Crippen LogP contribution in [0, 0.1) is 0 Å². The second kappa shape index (κ2) is 8.34. The first-order valence-electron chi connectivity index (χ1n) is 7.43. The van der Waals surface area contributed by atoms with E-state index in [0.717, 1.165) is 0 Å². The number of Topliss-reactive ketones (excluding diaryl/α,β-unsaturated/α-hetero) is 1. The van der Waals surface area contributed by atoms with Gasteiger partial charge in [0.2, 0.25) is 5.91 Å². The van der Waals surface area contributed by atoms with Gasteiger partial charge in [0.1, 0.15) is 5.75 Å². The molecule has 0 saturated carbocycles. The highest BCUT2D eigenvalue weighted by atomic mass is 32.2. The van der Waals surface area contributed by atoms with Gasteiger partial charge in [0.15, 0.2) is 5.78 Å². The quantitative estimate of drug-likeness (QED) is 0.740. The van der Waals surface area contributed by atoms with E-state index in [1.54, 1.807) is 36.4 Å². The Balaban J connectivity index is 1.91. The van der Waals surface area contributed by atoms with Gasteiger partial charge in [-0.3, -0.25) is 13.8 Å². The van der Waals surface area contributed by atoms with Crippen LogP contribution in [-0.2, 0) is 21.3 Å². The molecule has 0 spiro atoms. The van der Waals surface area contributed by atoms with Crippen molar-refractivity contribution in [1.29, 1.82) is 0 Å². The predicted octanol–water partition coefficient (Wildman–Crippen LogP) is 2.47. The number of carbonyl (C=O) groups is 3. The van der Waals surface area contributed by atoms with Crippen LogP contribution in [-0.4, -0.2) is 32.7 Å². The van der Waals surface area contributed by atoms with Gasteiger partial charge in [0.05, 0.1) is 5.56 Å². The molecule has 2 rings (SSSR count). The van der Waals surface area contributed by atoms with Crippen molar-refractivity contribution in [1.82, 2.24) is 0 Å². The third-order valence-corrected chi connectivity index (χ3v) is 4.61. The molecule has 1 unspecified atom stereocenters. The van der Waals surface area contributed by atoms with Crippen molar-refractivity contribution in [3.63, 3.8) is 0 Å². The number of hydrogen-bond acceptors (Lipinski definition) is 4. The number of aromatic carboxylic acids is 1. The summed E-state index contributed by atoms with van der Waals surface area (Å²) in [5.41, 5.74) is 1.80. The van der Waals surface area contributed by atoms with E-state index >= 15 is 0 Å². The molecular formula is C18H17NO5S. The number of carboxylic acids is 1. The normalized spacial score (nSPS) is 11.6. The van der Waals surface area contributed by atoms with Crippen LogP contribution < -0.4 is 5.32 Å². The summed E-state index contributed by atoms with van der Waals surface area (Å²) in [4.78, 5) is 34.1. The van der Waals surface area contributed by atoms with E-state index in [2.05, 4.69) is 5.32 Å². The van der Waals surface area contributed by atoms with Crippen LogP contribution >= 0.6 is 0 Å². The lowest BCUT2D eigenvalue weighted by Gasteiger charge is -2.07. The van der Waals surface area contributed by atoms with E-state index < -0.39 is 22.7 Å². The maximum absolute atomic E-state index is 12.1. The Morgan fingerprint density at radius 1 is 1.04 bits per heavy atom. The highest BCUT2D eigenvalue weighted by Gasteiger charge is 2.11. The lowest BCUT2D eigenvalue weighted by Crippen LogP contribution is -2.20. The van der Waals surface area contributed by atoms with E-state index in [4.69, 9.17) is 5.11 Å². The van der Waals surface area contributed by atoms with Crippen molar-refractivity contribution in [2.45, 2.75) is 12.7 Å². The molecule has 0 radical (unpaired) electrons. The minimum atomic E-state index is -1.43. The van der Waals surface area contributed by atoms with Crippen molar-refractivity contribution in [2.24, 2.45) is 0 Å². The minimum absolute atomic E-state index is 0.107. The molecule has 0 bridgehead atoms. The van der Waals surface area contributed by atoms with Gasteiger partial charge in [0.25, 0.3) is 0 Å². The molecule has 2 aromatic rings. The summed E-state index contributed by atoms with van der Waals surface area (Å²) in [6, 6.07) is 12.5. The maximum atomic E-state index is 12.1. The second-order valence-corrected chi connectivity index (χ2v) is 6.87. The number of rotatable bonds is 7. The molecule has 0 aromatic heterocycles. The van der Waals surface area contributed by atoms with Crippen LogP contribution in [0.1, 0.15) is 33.2 Å². The number of benzene rings is 2. The Morgan fingerprint density at radius 3 is 2.32 bits per heavy atom. The lowest BCUT2D eigenvalue weighted by molar-refractivity contribution is -0.113. The molecular weight excluding hydrogens is 342 g/mol. The van der Waals surface area contributed by atoms with E-state index in [1.807, 2.05) is 0 Å². The number of ketones is 1. The molecule has 7 heteroatoms. The molecule has 25 heavy (non-hydrogen) atoms. The van der Waals surface area contributed by atoms with Gasteiger partial charge in [-0.2, -0.15) is 0 Å². The number of carboxylic acid groups (broad SMARTS) is 1. The van der Waals surface area contributed by atoms with E-state index in [9.17, 15) is 18.6 Å². The number of carbonyl (C=O) groups excluding carboxylic acids is 2. The summed E-state index contributed by atoms with van der Waals surface area (Å²) in [5, 5.41) is 11.5. The standard InChI is InChI=1S/C18H17NO5S/c1-12(20)15-3-2-4-16(9-15)19-17(21)11-25(24)10-13-5-7-14(8-6-13)18(22)23/h2-9H,10-11H2,1H3,(H,19,21)(H,22,23). The Bertz CT molecular complexity index is 830. The third kappa shape index (κ3) is 5.65. The molecule has 6 nitrogen and oxygen atoms in total. The molecule has 2 N–H and O–H groups in total. The first kappa shape index (κ1) is 18.5. The number of amides is 1. The van der Waals surface area contributed by atoms with Crippen LogP contribution in [0.5, 0.6) is 0 Å². The Morgan fingerprint density at radius 2 is 1.72 bits per heavy atom. The van der Waals surface area contributed by atoms with Crippen molar-refractivity contribution in [3.8, 4) is 0 Å². The summed E-state index contributed by atoms with van der Waals surface area (Å²) >= 11 is 0. The van der Waals surface area contributed by atoms with E-state index in [1.165, 1.54) is 19.1 Å². The Kier molecular flexibility index (Phi) is 6.19. The molecule has 1 amide bonds. The molecule has 0 aliphatic carbocycles. The van der Waals surface area contributed by atoms with Crippen LogP contribution in [0.15, 0.2) is 48.5 Å². The molecule has 0 fully saturated rings. The van der Waals surface area contributed by atoms with Crippen LogP contribution in [0.25, 0.3) is 0 Å².